The molecule has 0 saturated heterocycles. The highest BCUT2D eigenvalue weighted by atomic mass is 19.4. The van der Waals surface area contributed by atoms with E-state index in [1.807, 2.05) is 0 Å². The van der Waals surface area contributed by atoms with Crippen molar-refractivity contribution < 1.29 is 27.8 Å². The third kappa shape index (κ3) is 7.02. The Hall–Kier alpha value is -1.71. The third-order valence-corrected chi connectivity index (χ3v) is 2.10. The Balaban J connectivity index is 2.42. The molecule has 0 spiro atoms. The molecule has 0 amide bonds. The van der Waals surface area contributed by atoms with Gasteiger partial charge in [-0.25, -0.2) is 0 Å². The molecular weight excluding hydrogens is 273 g/mol. The number of aliphatic hydroxyl groups is 1. The quantitative estimate of drug-likeness (QED) is 0.645. The van der Waals surface area contributed by atoms with Gasteiger partial charge in [-0.3, -0.25) is 0 Å². The van der Waals surface area contributed by atoms with Crippen LogP contribution in [0, 0.1) is 11.8 Å². The van der Waals surface area contributed by atoms with Crippen LogP contribution in [0.2, 0.25) is 0 Å². The normalized spacial score (nSPS) is 10.8. The fourth-order valence-corrected chi connectivity index (χ4v) is 1.31. The van der Waals surface area contributed by atoms with Crippen molar-refractivity contribution in [3.05, 3.63) is 29.8 Å². The van der Waals surface area contributed by atoms with E-state index in [4.69, 9.17) is 9.84 Å². The van der Waals surface area contributed by atoms with Crippen molar-refractivity contribution >= 4 is 0 Å². The summed E-state index contributed by atoms with van der Waals surface area (Å²) < 4.78 is 45.3. The van der Waals surface area contributed by atoms with Crippen molar-refractivity contribution in [1.29, 1.82) is 0 Å². The highest BCUT2D eigenvalue weighted by molar-refractivity contribution is 5.45. The van der Waals surface area contributed by atoms with Crippen LogP contribution in [0.1, 0.15) is 12.0 Å². The number of alkyl halides is 3. The molecule has 0 saturated carbocycles. The van der Waals surface area contributed by atoms with E-state index in [0.717, 1.165) is 0 Å². The number of hydrogen-bond donors (Lipinski definition) is 1. The van der Waals surface area contributed by atoms with Gasteiger partial charge in [0.25, 0.3) is 0 Å². The van der Waals surface area contributed by atoms with Gasteiger partial charge in [0.15, 0.2) is 0 Å². The first-order valence-electron chi connectivity index (χ1n) is 5.99. The molecule has 0 bridgehead atoms. The molecule has 20 heavy (non-hydrogen) atoms. The summed E-state index contributed by atoms with van der Waals surface area (Å²) in [5, 5.41) is 8.64. The number of hydrogen-bond acceptors (Lipinski definition) is 3. The summed E-state index contributed by atoms with van der Waals surface area (Å²) in [5.74, 6) is 6.06. The van der Waals surface area contributed by atoms with Crippen molar-refractivity contribution in [2.75, 3.05) is 26.4 Å². The largest absolute Gasteiger partial charge is 0.490 e. The molecule has 1 N–H and O–H groups in total. The molecule has 0 unspecified atom stereocenters. The van der Waals surface area contributed by atoms with Crippen molar-refractivity contribution in [2.45, 2.75) is 12.6 Å². The number of rotatable bonds is 6. The second-order valence-electron chi connectivity index (χ2n) is 3.79. The smallest absolute Gasteiger partial charge is 0.411 e. The number of para-hydroxylation sites is 1. The minimum Gasteiger partial charge on any atom is -0.490 e. The molecule has 0 atom stereocenters. The molecule has 0 aliphatic rings. The lowest BCUT2D eigenvalue weighted by molar-refractivity contribution is -0.175. The Kier molecular flexibility index (Phi) is 6.91. The van der Waals surface area contributed by atoms with Crippen LogP contribution >= 0.6 is 0 Å². The molecule has 1 aromatic rings. The Morgan fingerprint density at radius 3 is 2.60 bits per heavy atom. The number of aliphatic hydroxyl groups excluding tert-OH is 1. The fourth-order valence-electron chi connectivity index (χ4n) is 1.31. The molecular formula is C14H15F3O3. The van der Waals surface area contributed by atoms with Gasteiger partial charge in [0.2, 0.25) is 0 Å². The first kappa shape index (κ1) is 16.3. The van der Waals surface area contributed by atoms with Crippen LogP contribution in [0.25, 0.3) is 0 Å². The maximum atomic E-state index is 11.8. The number of benzene rings is 1. The van der Waals surface area contributed by atoms with E-state index < -0.39 is 12.8 Å². The van der Waals surface area contributed by atoms with Crippen LogP contribution < -0.4 is 4.74 Å². The molecule has 0 aliphatic heterocycles. The van der Waals surface area contributed by atoms with Crippen LogP contribution in [0.15, 0.2) is 24.3 Å². The lowest BCUT2D eigenvalue weighted by Crippen LogP contribution is -2.19. The molecule has 0 aromatic heterocycles. The Morgan fingerprint density at radius 1 is 1.15 bits per heavy atom. The predicted octanol–water partition coefficient (Wildman–Crippen LogP) is 2.38. The Morgan fingerprint density at radius 2 is 1.90 bits per heavy atom. The van der Waals surface area contributed by atoms with Crippen molar-refractivity contribution in [1.82, 2.24) is 0 Å². The molecule has 110 valence electrons. The first-order valence-corrected chi connectivity index (χ1v) is 5.99. The zero-order valence-corrected chi connectivity index (χ0v) is 10.7. The molecule has 3 nitrogen and oxygen atoms in total. The van der Waals surface area contributed by atoms with Crippen molar-refractivity contribution in [3.8, 4) is 17.6 Å². The predicted molar refractivity (Wildman–Crippen MR) is 67.4 cm³/mol. The van der Waals surface area contributed by atoms with Crippen LogP contribution in [-0.2, 0) is 4.74 Å². The lowest BCUT2D eigenvalue weighted by atomic mass is 10.2. The summed E-state index contributed by atoms with van der Waals surface area (Å²) in [6.45, 7) is -1.46. The third-order valence-electron chi connectivity index (χ3n) is 2.10. The van der Waals surface area contributed by atoms with E-state index in [1.54, 1.807) is 24.3 Å². The van der Waals surface area contributed by atoms with Gasteiger partial charge in [-0.15, -0.1) is 0 Å². The summed E-state index contributed by atoms with van der Waals surface area (Å²) in [5.41, 5.74) is 0.622. The van der Waals surface area contributed by atoms with Gasteiger partial charge in [0, 0.05) is 6.42 Å². The minimum absolute atomic E-state index is 0.00870. The first-order chi connectivity index (χ1) is 9.53. The summed E-state index contributed by atoms with van der Waals surface area (Å²) in [7, 11) is 0. The average Bonchev–Trinajstić information content (AvgIpc) is 2.39. The number of ether oxygens (including phenoxy) is 2. The van der Waals surface area contributed by atoms with E-state index in [-0.39, 0.29) is 19.8 Å². The van der Waals surface area contributed by atoms with Gasteiger partial charge in [-0.05, 0) is 12.1 Å². The monoisotopic (exact) mass is 288 g/mol. The molecule has 0 heterocycles. The van der Waals surface area contributed by atoms with Gasteiger partial charge < -0.3 is 14.6 Å². The molecule has 0 radical (unpaired) electrons. The van der Waals surface area contributed by atoms with E-state index >= 15 is 0 Å². The zero-order chi connectivity index (χ0) is 14.8. The van der Waals surface area contributed by atoms with Gasteiger partial charge in [0.1, 0.15) is 19.0 Å². The lowest BCUT2D eigenvalue weighted by Gasteiger charge is -2.10. The summed E-state index contributed by atoms with van der Waals surface area (Å²) in [4.78, 5) is 0. The standard InChI is InChI=1S/C14H15F3O3/c15-14(16,17)11-19-9-10-20-13-7-2-1-5-12(13)6-3-4-8-18/h1-2,5,7,18H,4,8-11H2. The van der Waals surface area contributed by atoms with Crippen LogP contribution in [0.3, 0.4) is 0 Å². The van der Waals surface area contributed by atoms with Crippen LogP contribution in [-0.4, -0.2) is 37.7 Å². The topological polar surface area (TPSA) is 38.7 Å². The van der Waals surface area contributed by atoms with Gasteiger partial charge in [-0.1, -0.05) is 24.0 Å². The zero-order valence-electron chi connectivity index (χ0n) is 10.7. The van der Waals surface area contributed by atoms with E-state index in [9.17, 15) is 13.2 Å². The second-order valence-corrected chi connectivity index (χ2v) is 3.79. The van der Waals surface area contributed by atoms with Gasteiger partial charge in [-0.2, -0.15) is 13.2 Å². The average molecular weight is 288 g/mol. The van der Waals surface area contributed by atoms with E-state index in [0.29, 0.717) is 17.7 Å². The molecule has 1 rings (SSSR count). The van der Waals surface area contributed by atoms with Gasteiger partial charge >= 0.3 is 6.18 Å². The number of halogens is 3. The maximum Gasteiger partial charge on any atom is 0.411 e. The van der Waals surface area contributed by atoms with Crippen LogP contribution in [0.5, 0.6) is 5.75 Å². The molecule has 0 aliphatic carbocycles. The van der Waals surface area contributed by atoms with Crippen molar-refractivity contribution in [3.63, 3.8) is 0 Å². The SMILES string of the molecule is OCCC#Cc1ccccc1OCCOCC(F)(F)F. The van der Waals surface area contributed by atoms with Crippen molar-refractivity contribution in [2.24, 2.45) is 0 Å². The van der Waals surface area contributed by atoms with Gasteiger partial charge in [0.05, 0.1) is 18.8 Å². The Labute approximate surface area is 115 Å². The maximum absolute atomic E-state index is 11.8. The summed E-state index contributed by atoms with van der Waals surface area (Å²) >= 11 is 0. The highest BCUT2D eigenvalue weighted by Gasteiger charge is 2.27. The molecule has 6 heteroatoms. The molecule has 1 aromatic carbocycles. The summed E-state index contributed by atoms with van der Waals surface area (Å²) in [6.07, 6.45) is -3.98. The second kappa shape index (κ2) is 8.46. The highest BCUT2D eigenvalue weighted by Crippen LogP contribution is 2.17. The van der Waals surface area contributed by atoms with Crippen LogP contribution in [0.4, 0.5) is 13.2 Å². The molecule has 0 fully saturated rings. The Bertz CT molecular complexity index is 461. The minimum atomic E-state index is -4.33. The summed E-state index contributed by atoms with van der Waals surface area (Å²) in [6, 6.07) is 6.92. The van der Waals surface area contributed by atoms with E-state index in [2.05, 4.69) is 16.6 Å². The van der Waals surface area contributed by atoms with E-state index in [1.165, 1.54) is 0 Å². The fraction of sp³-hybridized carbons (Fsp3) is 0.429.